The van der Waals surface area contributed by atoms with E-state index in [4.69, 9.17) is 4.74 Å². The number of benzene rings is 3. The van der Waals surface area contributed by atoms with Crippen molar-refractivity contribution in [2.75, 3.05) is 6.61 Å². The molecule has 0 amide bonds. The monoisotopic (exact) mass is 376 g/mol. The molecule has 0 aliphatic carbocycles. The first-order valence-electron chi connectivity index (χ1n) is 7.99. The second-order valence-electron chi connectivity index (χ2n) is 6.09. The quantitative estimate of drug-likeness (QED) is 0.505. The molecular formula is C22H17BrO. The maximum Gasteiger partial charge on any atom is 0.127 e. The standard InChI is InChI=1S/C22H17BrO/c1-15-4-2-5-16(10-15)17-6-3-7-18(11-17)20-12-19-13-21(23)8-9-22(19)24-14-20/h2-13H,14H2,1H3. The predicted octanol–water partition coefficient (Wildman–Crippen LogP) is 6.36. The highest BCUT2D eigenvalue weighted by atomic mass is 79.9. The van der Waals surface area contributed by atoms with Crippen LogP contribution in [0.1, 0.15) is 16.7 Å². The first-order valence-corrected chi connectivity index (χ1v) is 8.79. The SMILES string of the molecule is Cc1cccc(-c2cccc(C3=Cc4cc(Br)ccc4OC3)c2)c1. The largest absolute Gasteiger partial charge is 0.488 e. The molecule has 0 radical (unpaired) electrons. The zero-order chi connectivity index (χ0) is 16.5. The smallest absolute Gasteiger partial charge is 0.127 e. The molecule has 3 aromatic rings. The molecule has 0 aromatic heterocycles. The number of ether oxygens (including phenoxy) is 1. The topological polar surface area (TPSA) is 9.23 Å². The summed E-state index contributed by atoms with van der Waals surface area (Å²) in [5, 5.41) is 0. The lowest BCUT2D eigenvalue weighted by atomic mass is 9.96. The third-order valence-corrected chi connectivity index (χ3v) is 4.76. The lowest BCUT2D eigenvalue weighted by Gasteiger charge is -2.19. The van der Waals surface area contributed by atoms with Crippen molar-refractivity contribution in [3.8, 4) is 16.9 Å². The number of hydrogen-bond acceptors (Lipinski definition) is 1. The van der Waals surface area contributed by atoms with Gasteiger partial charge in [-0.25, -0.2) is 0 Å². The minimum Gasteiger partial charge on any atom is -0.488 e. The highest BCUT2D eigenvalue weighted by Gasteiger charge is 2.13. The normalized spacial score (nSPS) is 13.0. The third kappa shape index (κ3) is 3.02. The van der Waals surface area contributed by atoms with Crippen molar-refractivity contribution in [3.05, 3.63) is 87.9 Å². The van der Waals surface area contributed by atoms with Crippen molar-refractivity contribution in [3.63, 3.8) is 0 Å². The van der Waals surface area contributed by atoms with Gasteiger partial charge in [0.25, 0.3) is 0 Å². The third-order valence-electron chi connectivity index (χ3n) is 4.27. The average molecular weight is 377 g/mol. The summed E-state index contributed by atoms with van der Waals surface area (Å²) in [5.74, 6) is 0.941. The summed E-state index contributed by atoms with van der Waals surface area (Å²) in [7, 11) is 0. The van der Waals surface area contributed by atoms with Crippen molar-refractivity contribution in [1.29, 1.82) is 0 Å². The Morgan fingerprint density at radius 1 is 0.833 bits per heavy atom. The number of fused-ring (bicyclic) bond motifs is 1. The molecule has 0 saturated carbocycles. The first-order chi connectivity index (χ1) is 11.7. The van der Waals surface area contributed by atoms with E-state index in [1.807, 2.05) is 12.1 Å². The molecule has 1 aliphatic rings. The summed E-state index contributed by atoms with van der Waals surface area (Å²) in [5.41, 5.74) is 7.28. The molecule has 1 nitrogen and oxygen atoms in total. The van der Waals surface area contributed by atoms with E-state index in [0.717, 1.165) is 15.8 Å². The van der Waals surface area contributed by atoms with Crippen molar-refractivity contribution in [2.45, 2.75) is 6.92 Å². The molecule has 0 fully saturated rings. The van der Waals surface area contributed by atoms with Gasteiger partial charge in [-0.2, -0.15) is 0 Å². The Hall–Kier alpha value is -2.32. The van der Waals surface area contributed by atoms with Crippen LogP contribution in [0.3, 0.4) is 0 Å². The van der Waals surface area contributed by atoms with Crippen LogP contribution in [0.5, 0.6) is 5.75 Å². The van der Waals surface area contributed by atoms with E-state index in [9.17, 15) is 0 Å². The number of rotatable bonds is 2. The summed E-state index contributed by atoms with van der Waals surface area (Å²) in [6, 6.07) is 23.4. The molecule has 0 spiro atoms. The Balaban J connectivity index is 1.74. The minimum absolute atomic E-state index is 0.603. The highest BCUT2D eigenvalue weighted by Crippen LogP contribution is 2.33. The van der Waals surface area contributed by atoms with Crippen LogP contribution >= 0.6 is 15.9 Å². The number of aryl methyl sites for hydroxylation is 1. The zero-order valence-corrected chi connectivity index (χ0v) is 15.0. The number of hydrogen-bond donors (Lipinski definition) is 0. The maximum atomic E-state index is 5.92. The van der Waals surface area contributed by atoms with E-state index in [1.54, 1.807) is 0 Å². The van der Waals surface area contributed by atoms with E-state index in [-0.39, 0.29) is 0 Å². The molecule has 0 N–H and O–H groups in total. The zero-order valence-electron chi connectivity index (χ0n) is 13.4. The van der Waals surface area contributed by atoms with Crippen molar-refractivity contribution in [2.24, 2.45) is 0 Å². The fourth-order valence-electron chi connectivity index (χ4n) is 3.04. The van der Waals surface area contributed by atoms with Crippen LogP contribution in [0.15, 0.2) is 71.2 Å². The molecule has 0 unspecified atom stereocenters. The van der Waals surface area contributed by atoms with Gasteiger partial charge in [0.05, 0.1) is 0 Å². The van der Waals surface area contributed by atoms with Crippen LogP contribution < -0.4 is 4.74 Å². The summed E-state index contributed by atoms with van der Waals surface area (Å²) in [6.07, 6.45) is 2.22. The highest BCUT2D eigenvalue weighted by molar-refractivity contribution is 9.10. The summed E-state index contributed by atoms with van der Waals surface area (Å²) >= 11 is 3.53. The van der Waals surface area contributed by atoms with Crippen LogP contribution in [-0.4, -0.2) is 6.61 Å². The Kier molecular flexibility index (Phi) is 3.99. The lowest BCUT2D eigenvalue weighted by molar-refractivity contribution is 0.365. The van der Waals surface area contributed by atoms with Gasteiger partial charge in [-0.3, -0.25) is 0 Å². The van der Waals surface area contributed by atoms with Crippen LogP contribution in [0.4, 0.5) is 0 Å². The molecule has 4 rings (SSSR count). The van der Waals surface area contributed by atoms with Gasteiger partial charge in [0, 0.05) is 10.0 Å². The van der Waals surface area contributed by atoms with Crippen molar-refractivity contribution < 1.29 is 4.74 Å². The number of halogens is 1. The van der Waals surface area contributed by atoms with E-state index in [2.05, 4.69) is 83.5 Å². The second kappa shape index (κ2) is 6.29. The van der Waals surface area contributed by atoms with E-state index < -0.39 is 0 Å². The van der Waals surface area contributed by atoms with Gasteiger partial charge in [-0.1, -0.05) is 64.0 Å². The first kappa shape index (κ1) is 15.2. The Bertz CT molecular complexity index is 940. The second-order valence-corrected chi connectivity index (χ2v) is 7.01. The molecule has 0 bridgehead atoms. The van der Waals surface area contributed by atoms with Crippen LogP contribution in [0.25, 0.3) is 22.8 Å². The van der Waals surface area contributed by atoms with Crippen molar-refractivity contribution in [1.82, 2.24) is 0 Å². The van der Waals surface area contributed by atoms with Gasteiger partial charge in [0.2, 0.25) is 0 Å². The van der Waals surface area contributed by atoms with E-state index >= 15 is 0 Å². The average Bonchev–Trinajstić information content (AvgIpc) is 2.61. The summed E-state index contributed by atoms with van der Waals surface area (Å²) in [6.45, 7) is 2.73. The Morgan fingerprint density at radius 3 is 2.42 bits per heavy atom. The predicted molar refractivity (Wildman–Crippen MR) is 104 cm³/mol. The fourth-order valence-corrected chi connectivity index (χ4v) is 3.42. The molecule has 24 heavy (non-hydrogen) atoms. The minimum atomic E-state index is 0.603. The van der Waals surface area contributed by atoms with Gasteiger partial charge >= 0.3 is 0 Å². The van der Waals surface area contributed by atoms with Gasteiger partial charge in [0.1, 0.15) is 12.4 Å². The summed E-state index contributed by atoms with van der Waals surface area (Å²) in [4.78, 5) is 0. The van der Waals surface area contributed by atoms with Gasteiger partial charge in [-0.05, 0) is 59.5 Å². The van der Waals surface area contributed by atoms with Crippen molar-refractivity contribution >= 4 is 27.6 Å². The Morgan fingerprint density at radius 2 is 1.58 bits per heavy atom. The Labute approximate surface area is 150 Å². The molecule has 1 heterocycles. The van der Waals surface area contributed by atoms with Crippen LogP contribution in [0, 0.1) is 6.92 Å². The maximum absolute atomic E-state index is 5.92. The van der Waals surface area contributed by atoms with E-state index in [1.165, 1.54) is 27.8 Å². The van der Waals surface area contributed by atoms with Crippen LogP contribution in [-0.2, 0) is 0 Å². The van der Waals surface area contributed by atoms with E-state index in [0.29, 0.717) is 6.61 Å². The molecule has 0 atom stereocenters. The molecule has 118 valence electrons. The molecule has 0 saturated heterocycles. The molecule has 2 heteroatoms. The molecule has 1 aliphatic heterocycles. The van der Waals surface area contributed by atoms with Gasteiger partial charge < -0.3 is 4.74 Å². The van der Waals surface area contributed by atoms with Crippen LogP contribution in [0.2, 0.25) is 0 Å². The molecular weight excluding hydrogens is 360 g/mol. The van der Waals surface area contributed by atoms with Gasteiger partial charge in [-0.15, -0.1) is 0 Å². The lowest BCUT2D eigenvalue weighted by Crippen LogP contribution is -2.06. The van der Waals surface area contributed by atoms with Gasteiger partial charge in [0.15, 0.2) is 0 Å². The fraction of sp³-hybridized carbons (Fsp3) is 0.0909. The summed E-state index contributed by atoms with van der Waals surface area (Å²) < 4.78 is 6.99. The molecule has 3 aromatic carbocycles.